The van der Waals surface area contributed by atoms with Crippen molar-refractivity contribution in [3.05, 3.63) is 69.9 Å². The van der Waals surface area contributed by atoms with E-state index >= 15 is 0 Å². The standard InChI is InChI=1S/C23H16BrFN4O2/c1-21-18(9-14-5-3-2-4-6-14)23(13-28,20(29)31-21)22(11-26,12-27)19(30-21)16-8-7-15(24)10-17(16)25/h2-8,10,18-19,29H,9H2,1H3. The Morgan fingerprint density at radius 2 is 1.77 bits per heavy atom. The Bertz CT molecular complexity index is 1180. The lowest BCUT2D eigenvalue weighted by atomic mass is 9.52. The molecular formula is C23H16BrFN4O2. The molecule has 0 amide bonds. The minimum absolute atomic E-state index is 0.0476. The van der Waals surface area contributed by atoms with Crippen LogP contribution in [-0.4, -0.2) is 11.7 Å². The highest BCUT2D eigenvalue weighted by atomic mass is 79.9. The van der Waals surface area contributed by atoms with Crippen LogP contribution in [0.15, 0.2) is 53.0 Å². The molecular weight excluding hydrogens is 463 g/mol. The van der Waals surface area contributed by atoms with Gasteiger partial charge in [-0.05, 0) is 24.1 Å². The lowest BCUT2D eigenvalue weighted by Crippen LogP contribution is -2.59. The van der Waals surface area contributed by atoms with E-state index in [-0.39, 0.29) is 12.0 Å². The summed E-state index contributed by atoms with van der Waals surface area (Å²) in [5.74, 6) is -3.56. The minimum Gasteiger partial charge on any atom is -0.448 e. The van der Waals surface area contributed by atoms with Crippen LogP contribution in [0, 0.1) is 62.0 Å². The Labute approximate surface area is 187 Å². The molecule has 0 aromatic heterocycles. The Balaban J connectivity index is 1.96. The van der Waals surface area contributed by atoms with Crippen molar-refractivity contribution in [2.24, 2.45) is 16.7 Å². The Morgan fingerprint density at radius 1 is 1.10 bits per heavy atom. The zero-order chi connectivity index (χ0) is 22.4. The molecule has 2 bridgehead atoms. The fraction of sp³-hybridized carbons (Fsp3) is 0.304. The number of fused-ring (bicyclic) bond motifs is 2. The number of benzene rings is 2. The molecule has 2 heterocycles. The van der Waals surface area contributed by atoms with Crippen LogP contribution in [0.2, 0.25) is 0 Å². The maximum atomic E-state index is 14.9. The summed E-state index contributed by atoms with van der Waals surface area (Å²) in [6.07, 6.45) is -1.20. The first-order chi connectivity index (χ1) is 14.8. The van der Waals surface area contributed by atoms with Gasteiger partial charge in [-0.15, -0.1) is 0 Å². The largest absolute Gasteiger partial charge is 0.448 e. The summed E-state index contributed by atoms with van der Waals surface area (Å²) in [5.41, 5.74) is -3.38. The molecule has 4 unspecified atom stereocenters. The summed E-state index contributed by atoms with van der Waals surface area (Å²) in [6.45, 7) is 1.57. The van der Waals surface area contributed by atoms with Gasteiger partial charge in [0.1, 0.15) is 11.9 Å². The third-order valence-electron chi connectivity index (χ3n) is 6.24. The van der Waals surface area contributed by atoms with Crippen LogP contribution in [0.5, 0.6) is 0 Å². The number of hydrogen-bond acceptors (Lipinski definition) is 6. The number of nitrogens with one attached hydrogen (secondary N) is 1. The van der Waals surface area contributed by atoms with Gasteiger partial charge in [-0.25, -0.2) is 4.39 Å². The molecule has 1 N–H and O–H groups in total. The summed E-state index contributed by atoms with van der Waals surface area (Å²) in [4.78, 5) is 0. The first kappa shape index (κ1) is 21.0. The molecule has 2 aromatic rings. The fourth-order valence-corrected chi connectivity index (χ4v) is 5.06. The average Bonchev–Trinajstić information content (AvgIpc) is 2.91. The number of rotatable bonds is 3. The van der Waals surface area contributed by atoms with Crippen molar-refractivity contribution < 1.29 is 13.9 Å². The van der Waals surface area contributed by atoms with E-state index in [1.807, 2.05) is 42.5 Å². The number of ether oxygens (including phenoxy) is 2. The molecule has 31 heavy (non-hydrogen) atoms. The van der Waals surface area contributed by atoms with Crippen molar-refractivity contribution in [2.75, 3.05) is 0 Å². The Morgan fingerprint density at radius 3 is 2.35 bits per heavy atom. The van der Waals surface area contributed by atoms with E-state index in [1.165, 1.54) is 12.1 Å². The van der Waals surface area contributed by atoms with Gasteiger partial charge in [-0.1, -0.05) is 52.3 Å². The fourth-order valence-electron chi connectivity index (χ4n) is 4.73. The molecule has 0 aliphatic carbocycles. The highest BCUT2D eigenvalue weighted by Crippen LogP contribution is 2.67. The third kappa shape index (κ3) is 2.71. The lowest BCUT2D eigenvalue weighted by molar-refractivity contribution is -0.273. The van der Waals surface area contributed by atoms with E-state index in [0.717, 1.165) is 5.56 Å². The van der Waals surface area contributed by atoms with Gasteiger partial charge in [0.25, 0.3) is 0 Å². The second-order valence-corrected chi connectivity index (χ2v) is 8.72. The number of hydrogen-bond donors (Lipinski definition) is 1. The first-order valence-electron chi connectivity index (χ1n) is 9.46. The quantitative estimate of drug-likeness (QED) is 0.681. The van der Waals surface area contributed by atoms with Crippen molar-refractivity contribution in [2.45, 2.75) is 25.2 Å². The van der Waals surface area contributed by atoms with Crippen LogP contribution in [0.1, 0.15) is 24.2 Å². The van der Waals surface area contributed by atoms with Crippen LogP contribution < -0.4 is 0 Å². The molecule has 6 nitrogen and oxygen atoms in total. The average molecular weight is 479 g/mol. The second-order valence-electron chi connectivity index (χ2n) is 7.80. The summed E-state index contributed by atoms with van der Waals surface area (Å²) in [5, 5.41) is 39.3. The summed E-state index contributed by atoms with van der Waals surface area (Å²) >= 11 is 3.19. The third-order valence-corrected chi connectivity index (χ3v) is 6.74. The molecule has 4 rings (SSSR count). The summed E-state index contributed by atoms with van der Waals surface area (Å²) < 4.78 is 27.3. The normalized spacial score (nSPS) is 30.5. The van der Waals surface area contributed by atoms with Crippen LogP contribution in [-0.2, 0) is 15.9 Å². The summed E-state index contributed by atoms with van der Waals surface area (Å²) in [7, 11) is 0. The maximum absolute atomic E-state index is 14.9. The smallest absolute Gasteiger partial charge is 0.215 e. The van der Waals surface area contributed by atoms with E-state index in [0.29, 0.717) is 4.47 Å². The number of nitriles is 3. The van der Waals surface area contributed by atoms with Crippen molar-refractivity contribution in [1.82, 2.24) is 0 Å². The molecule has 4 atom stereocenters. The monoisotopic (exact) mass is 478 g/mol. The molecule has 2 aliphatic rings. The van der Waals surface area contributed by atoms with Crippen molar-refractivity contribution in [3.63, 3.8) is 0 Å². The van der Waals surface area contributed by atoms with Gasteiger partial charge >= 0.3 is 0 Å². The van der Waals surface area contributed by atoms with Gasteiger partial charge in [0.2, 0.25) is 17.1 Å². The van der Waals surface area contributed by atoms with Gasteiger partial charge in [-0.2, -0.15) is 15.8 Å². The molecule has 2 saturated heterocycles. The van der Waals surface area contributed by atoms with Gasteiger partial charge in [0.05, 0.1) is 24.1 Å². The van der Waals surface area contributed by atoms with E-state index in [2.05, 4.69) is 22.0 Å². The van der Waals surface area contributed by atoms with Crippen LogP contribution in [0.25, 0.3) is 0 Å². The van der Waals surface area contributed by atoms with Gasteiger partial charge in [-0.3, -0.25) is 5.41 Å². The van der Waals surface area contributed by atoms with Crippen LogP contribution in [0.4, 0.5) is 4.39 Å². The molecule has 8 heteroatoms. The first-order valence-corrected chi connectivity index (χ1v) is 10.3. The minimum atomic E-state index is -2.21. The Hall–Kier alpha value is -3.25. The SMILES string of the molecule is CC12OC(=N)C(C#N)(C1Cc1ccccc1)C(C#N)(C#N)C(c1ccc(Br)cc1F)O2. The van der Waals surface area contributed by atoms with Crippen molar-refractivity contribution in [3.8, 4) is 18.2 Å². The van der Waals surface area contributed by atoms with E-state index in [1.54, 1.807) is 13.0 Å². The predicted octanol–water partition coefficient (Wildman–Crippen LogP) is 4.79. The lowest BCUT2D eigenvalue weighted by Gasteiger charge is -2.48. The molecule has 154 valence electrons. The van der Waals surface area contributed by atoms with Crippen molar-refractivity contribution >= 4 is 21.8 Å². The summed E-state index contributed by atoms with van der Waals surface area (Å²) in [6, 6.07) is 19.3. The molecule has 2 aliphatic heterocycles. The highest BCUT2D eigenvalue weighted by Gasteiger charge is 2.79. The molecule has 0 saturated carbocycles. The van der Waals surface area contributed by atoms with Crippen LogP contribution in [0.3, 0.4) is 0 Å². The molecule has 0 spiro atoms. The zero-order valence-electron chi connectivity index (χ0n) is 16.4. The Kier molecular flexibility index (Phi) is 4.85. The maximum Gasteiger partial charge on any atom is 0.215 e. The van der Waals surface area contributed by atoms with E-state index in [4.69, 9.17) is 14.9 Å². The predicted molar refractivity (Wildman–Crippen MR) is 110 cm³/mol. The number of halogens is 2. The van der Waals surface area contributed by atoms with Gasteiger partial charge < -0.3 is 9.47 Å². The van der Waals surface area contributed by atoms with Gasteiger partial charge in [0, 0.05) is 17.0 Å². The molecule has 0 radical (unpaired) electrons. The van der Waals surface area contributed by atoms with E-state index in [9.17, 15) is 20.2 Å². The molecule has 2 fully saturated rings. The topological polar surface area (TPSA) is 114 Å². The van der Waals surface area contributed by atoms with E-state index < -0.39 is 40.4 Å². The number of nitrogens with zero attached hydrogens (tertiary/aromatic N) is 3. The zero-order valence-corrected chi connectivity index (χ0v) is 18.0. The van der Waals surface area contributed by atoms with Crippen molar-refractivity contribution in [1.29, 1.82) is 21.2 Å². The van der Waals surface area contributed by atoms with Gasteiger partial charge in [0.15, 0.2) is 5.41 Å². The van der Waals surface area contributed by atoms with Crippen LogP contribution >= 0.6 is 15.9 Å². The second kappa shape index (κ2) is 7.17. The molecule has 2 aromatic carbocycles. The highest BCUT2D eigenvalue weighted by molar-refractivity contribution is 9.10.